The number of benzene rings is 1. The maximum Gasteiger partial charge on any atom is 0.254 e. The summed E-state index contributed by atoms with van der Waals surface area (Å²) in [7, 11) is 0. The van der Waals surface area contributed by atoms with Crippen LogP contribution in [0.15, 0.2) is 23.0 Å². The second kappa shape index (κ2) is 5.35. The molecule has 21 heavy (non-hydrogen) atoms. The summed E-state index contributed by atoms with van der Waals surface area (Å²) in [6, 6.07) is 6.09. The molecule has 1 aromatic carbocycles. The van der Waals surface area contributed by atoms with Crippen LogP contribution in [0.2, 0.25) is 0 Å². The van der Waals surface area contributed by atoms with Gasteiger partial charge in [0.15, 0.2) is 0 Å². The highest BCUT2D eigenvalue weighted by Crippen LogP contribution is 2.36. The summed E-state index contributed by atoms with van der Waals surface area (Å²) in [5.74, 6) is 1.78. The van der Waals surface area contributed by atoms with Gasteiger partial charge in [0, 0.05) is 17.0 Å². The van der Waals surface area contributed by atoms with Crippen LogP contribution in [-0.4, -0.2) is 16.6 Å². The van der Waals surface area contributed by atoms with E-state index in [1.165, 1.54) is 5.56 Å². The smallest absolute Gasteiger partial charge is 0.254 e. The van der Waals surface area contributed by atoms with Crippen molar-refractivity contribution in [2.75, 3.05) is 6.61 Å². The van der Waals surface area contributed by atoms with Crippen molar-refractivity contribution in [2.24, 2.45) is 0 Å². The lowest BCUT2D eigenvalue weighted by Crippen LogP contribution is -2.18. The topological polar surface area (TPSA) is 55.0 Å². The van der Waals surface area contributed by atoms with Crippen molar-refractivity contribution < 1.29 is 4.74 Å². The van der Waals surface area contributed by atoms with Crippen molar-refractivity contribution in [3.8, 4) is 17.0 Å². The van der Waals surface area contributed by atoms with Crippen molar-refractivity contribution in [3.05, 3.63) is 45.5 Å². The van der Waals surface area contributed by atoms with Gasteiger partial charge in [0.25, 0.3) is 5.56 Å². The third kappa shape index (κ3) is 2.46. The van der Waals surface area contributed by atoms with E-state index in [4.69, 9.17) is 4.74 Å². The number of para-hydroxylation sites is 1. The lowest BCUT2D eigenvalue weighted by Gasteiger charge is -2.21. The number of H-pyrrole nitrogens is 1. The number of fused-ring (bicyclic) bond motifs is 1. The first-order valence-corrected chi connectivity index (χ1v) is 7.44. The Balaban J connectivity index is 2.23. The zero-order valence-electron chi connectivity index (χ0n) is 12.7. The zero-order chi connectivity index (χ0) is 15.0. The quantitative estimate of drug-likeness (QED) is 0.921. The van der Waals surface area contributed by atoms with Crippen LogP contribution >= 0.6 is 0 Å². The highest BCUT2D eigenvalue weighted by molar-refractivity contribution is 5.71. The summed E-state index contributed by atoms with van der Waals surface area (Å²) >= 11 is 0. The van der Waals surface area contributed by atoms with Gasteiger partial charge in [-0.05, 0) is 31.4 Å². The second-order valence-corrected chi connectivity index (χ2v) is 5.83. The molecule has 0 bridgehead atoms. The minimum Gasteiger partial charge on any atom is -0.493 e. The normalized spacial score (nSPS) is 13.9. The van der Waals surface area contributed by atoms with Crippen LogP contribution in [0.25, 0.3) is 11.3 Å². The standard InChI is InChI=1S/C17H20N2O2/c1-10(2)16-18-14(11(3)17(20)19-16)13-8-4-6-12-7-5-9-21-15(12)13/h4,6,8,10H,5,7,9H2,1-3H3,(H,18,19,20). The summed E-state index contributed by atoms with van der Waals surface area (Å²) in [6.45, 7) is 6.58. The molecule has 2 heterocycles. The lowest BCUT2D eigenvalue weighted by molar-refractivity contribution is 0.289. The van der Waals surface area contributed by atoms with Crippen molar-refractivity contribution in [2.45, 2.75) is 39.5 Å². The van der Waals surface area contributed by atoms with Gasteiger partial charge in [-0.15, -0.1) is 0 Å². The summed E-state index contributed by atoms with van der Waals surface area (Å²) < 4.78 is 5.85. The Morgan fingerprint density at radius 2 is 2.14 bits per heavy atom. The Bertz CT molecular complexity index is 732. The Morgan fingerprint density at radius 1 is 1.33 bits per heavy atom. The number of rotatable bonds is 2. The van der Waals surface area contributed by atoms with Crippen molar-refractivity contribution in [3.63, 3.8) is 0 Å². The van der Waals surface area contributed by atoms with E-state index in [1.807, 2.05) is 32.9 Å². The Hall–Kier alpha value is -2.10. The van der Waals surface area contributed by atoms with E-state index < -0.39 is 0 Å². The number of aromatic nitrogens is 2. The first kappa shape index (κ1) is 13.9. The first-order valence-electron chi connectivity index (χ1n) is 7.44. The zero-order valence-corrected chi connectivity index (χ0v) is 12.7. The van der Waals surface area contributed by atoms with E-state index in [0.29, 0.717) is 11.4 Å². The van der Waals surface area contributed by atoms with Gasteiger partial charge in [-0.2, -0.15) is 0 Å². The molecule has 0 spiro atoms. The van der Waals surface area contributed by atoms with Crippen LogP contribution in [0, 0.1) is 6.92 Å². The maximum absolute atomic E-state index is 12.2. The highest BCUT2D eigenvalue weighted by atomic mass is 16.5. The van der Waals surface area contributed by atoms with E-state index in [0.717, 1.165) is 36.5 Å². The molecule has 110 valence electrons. The third-order valence-corrected chi connectivity index (χ3v) is 3.91. The Morgan fingerprint density at radius 3 is 2.90 bits per heavy atom. The molecule has 0 saturated carbocycles. The van der Waals surface area contributed by atoms with Crippen LogP contribution in [0.3, 0.4) is 0 Å². The van der Waals surface area contributed by atoms with E-state index in [2.05, 4.69) is 16.0 Å². The fourth-order valence-electron chi connectivity index (χ4n) is 2.66. The number of ether oxygens (including phenoxy) is 1. The van der Waals surface area contributed by atoms with Crippen LogP contribution in [-0.2, 0) is 6.42 Å². The van der Waals surface area contributed by atoms with Crippen molar-refractivity contribution in [1.82, 2.24) is 9.97 Å². The van der Waals surface area contributed by atoms with Gasteiger partial charge in [-0.25, -0.2) is 4.98 Å². The molecule has 0 amide bonds. The molecule has 4 nitrogen and oxygen atoms in total. The summed E-state index contributed by atoms with van der Waals surface area (Å²) in [5, 5.41) is 0. The lowest BCUT2D eigenvalue weighted by atomic mass is 9.98. The summed E-state index contributed by atoms with van der Waals surface area (Å²) in [4.78, 5) is 19.7. The largest absolute Gasteiger partial charge is 0.493 e. The van der Waals surface area contributed by atoms with Crippen molar-refractivity contribution in [1.29, 1.82) is 0 Å². The van der Waals surface area contributed by atoms with Crippen LogP contribution in [0.1, 0.15) is 43.1 Å². The van der Waals surface area contributed by atoms with E-state index >= 15 is 0 Å². The number of nitrogens with zero attached hydrogens (tertiary/aromatic N) is 1. The first-order chi connectivity index (χ1) is 10.1. The van der Waals surface area contributed by atoms with Gasteiger partial charge in [-0.1, -0.05) is 26.0 Å². The van der Waals surface area contributed by atoms with Crippen LogP contribution in [0.4, 0.5) is 0 Å². The monoisotopic (exact) mass is 284 g/mol. The summed E-state index contributed by atoms with van der Waals surface area (Å²) in [6.07, 6.45) is 2.05. The molecule has 4 heteroatoms. The predicted octanol–water partition coefficient (Wildman–Crippen LogP) is 3.19. The number of aromatic amines is 1. The van der Waals surface area contributed by atoms with E-state index in [1.54, 1.807) is 0 Å². The maximum atomic E-state index is 12.2. The van der Waals surface area contributed by atoms with Crippen molar-refractivity contribution >= 4 is 0 Å². The third-order valence-electron chi connectivity index (χ3n) is 3.91. The second-order valence-electron chi connectivity index (χ2n) is 5.83. The Labute approximate surface area is 124 Å². The van der Waals surface area contributed by atoms with Gasteiger partial charge >= 0.3 is 0 Å². The molecule has 1 aliphatic rings. The molecule has 0 unspecified atom stereocenters. The van der Waals surface area contributed by atoms with Gasteiger partial charge in [-0.3, -0.25) is 4.79 Å². The average molecular weight is 284 g/mol. The minimum atomic E-state index is -0.0721. The van der Waals surface area contributed by atoms with Gasteiger partial charge in [0.05, 0.1) is 12.3 Å². The number of aryl methyl sites for hydroxylation is 1. The minimum absolute atomic E-state index is 0.0721. The molecule has 3 rings (SSSR count). The molecule has 0 aliphatic carbocycles. The molecule has 0 atom stereocenters. The molecule has 1 N–H and O–H groups in total. The molecule has 2 aromatic rings. The molecule has 0 saturated heterocycles. The van der Waals surface area contributed by atoms with Gasteiger partial charge in [0.1, 0.15) is 11.6 Å². The average Bonchev–Trinajstić information content (AvgIpc) is 2.49. The molecular weight excluding hydrogens is 264 g/mol. The highest BCUT2D eigenvalue weighted by Gasteiger charge is 2.19. The molecule has 0 fully saturated rings. The number of hydrogen-bond donors (Lipinski definition) is 1. The molecule has 1 aliphatic heterocycles. The number of nitrogens with one attached hydrogen (secondary N) is 1. The van der Waals surface area contributed by atoms with Crippen LogP contribution in [0.5, 0.6) is 5.75 Å². The van der Waals surface area contributed by atoms with E-state index in [9.17, 15) is 4.79 Å². The predicted molar refractivity (Wildman–Crippen MR) is 82.9 cm³/mol. The fraction of sp³-hybridized carbons (Fsp3) is 0.412. The van der Waals surface area contributed by atoms with Gasteiger partial charge in [0.2, 0.25) is 0 Å². The number of hydrogen-bond acceptors (Lipinski definition) is 3. The van der Waals surface area contributed by atoms with E-state index in [-0.39, 0.29) is 11.5 Å². The van der Waals surface area contributed by atoms with Gasteiger partial charge < -0.3 is 9.72 Å². The molecule has 0 radical (unpaired) electrons. The van der Waals surface area contributed by atoms with Crippen LogP contribution < -0.4 is 10.3 Å². The molecular formula is C17H20N2O2. The Kier molecular flexibility index (Phi) is 3.53. The SMILES string of the molecule is Cc1c(-c2cccc3c2OCCC3)nc(C(C)C)[nH]c1=O. The fourth-order valence-corrected chi connectivity index (χ4v) is 2.66. The summed E-state index contributed by atoms with van der Waals surface area (Å²) in [5.41, 5.74) is 3.43. The molecule has 1 aromatic heterocycles.